The normalized spacial score (nSPS) is 15.3. The molecule has 0 aliphatic carbocycles. The van der Waals surface area contributed by atoms with Crippen LogP contribution in [0.5, 0.6) is 0 Å². The van der Waals surface area contributed by atoms with Crippen molar-refractivity contribution in [2.75, 3.05) is 23.3 Å². The molecule has 3 rings (SSSR count). The highest BCUT2D eigenvalue weighted by molar-refractivity contribution is 5.91. The van der Waals surface area contributed by atoms with Crippen LogP contribution < -0.4 is 10.2 Å². The number of halogens is 1. The first-order valence-corrected chi connectivity index (χ1v) is 8.23. The Bertz CT molecular complexity index is 696. The molecular formula is C18H21FN4O. The highest BCUT2D eigenvalue weighted by atomic mass is 19.1. The largest absolute Gasteiger partial charge is 0.355 e. The van der Waals surface area contributed by atoms with Gasteiger partial charge in [0.25, 0.3) is 0 Å². The van der Waals surface area contributed by atoms with E-state index in [-0.39, 0.29) is 18.1 Å². The molecule has 0 saturated carbocycles. The summed E-state index contributed by atoms with van der Waals surface area (Å²) in [5.74, 6) is 1.42. The number of hydrogen-bond donors (Lipinski definition) is 1. The van der Waals surface area contributed by atoms with Gasteiger partial charge in [0.05, 0.1) is 6.42 Å². The fourth-order valence-electron chi connectivity index (χ4n) is 2.82. The van der Waals surface area contributed by atoms with Gasteiger partial charge in [0.1, 0.15) is 5.82 Å². The number of aromatic nitrogens is 2. The van der Waals surface area contributed by atoms with E-state index >= 15 is 0 Å². The smallest absolute Gasteiger partial charge is 0.229 e. The average molecular weight is 328 g/mol. The number of benzene rings is 1. The van der Waals surface area contributed by atoms with Gasteiger partial charge in [-0.05, 0) is 48.6 Å². The number of hydrogen-bond acceptors (Lipinski definition) is 4. The van der Waals surface area contributed by atoms with Gasteiger partial charge in [0.15, 0.2) is 11.6 Å². The van der Waals surface area contributed by atoms with Crippen LogP contribution in [0.25, 0.3) is 0 Å². The predicted octanol–water partition coefficient (Wildman–Crippen LogP) is 3.03. The molecule has 5 nitrogen and oxygen atoms in total. The molecule has 1 saturated heterocycles. The maximum absolute atomic E-state index is 13.1. The number of piperidine rings is 1. The minimum atomic E-state index is -0.347. The molecule has 6 heteroatoms. The van der Waals surface area contributed by atoms with Crippen molar-refractivity contribution in [2.24, 2.45) is 5.92 Å². The standard InChI is InChI=1S/C18H21FN4O/c1-13-7-9-23(10-8-13)17-6-5-16(21-22-17)20-18(24)12-14-3-2-4-15(19)11-14/h2-6,11,13H,7-10,12H2,1H3,(H,20,21,24). The number of nitrogens with zero attached hydrogens (tertiary/aromatic N) is 3. The zero-order chi connectivity index (χ0) is 16.9. The summed E-state index contributed by atoms with van der Waals surface area (Å²) in [4.78, 5) is 14.2. The summed E-state index contributed by atoms with van der Waals surface area (Å²) in [6, 6.07) is 9.64. The molecule has 24 heavy (non-hydrogen) atoms. The van der Waals surface area contributed by atoms with Crippen LogP contribution in [0.3, 0.4) is 0 Å². The number of anilines is 2. The minimum absolute atomic E-state index is 0.102. The zero-order valence-electron chi connectivity index (χ0n) is 13.7. The van der Waals surface area contributed by atoms with E-state index in [0.717, 1.165) is 37.7 Å². The van der Waals surface area contributed by atoms with Crippen LogP contribution in [0.15, 0.2) is 36.4 Å². The highest BCUT2D eigenvalue weighted by Gasteiger charge is 2.17. The Hall–Kier alpha value is -2.50. The van der Waals surface area contributed by atoms with Crippen molar-refractivity contribution in [1.29, 1.82) is 0 Å². The van der Waals surface area contributed by atoms with E-state index in [1.807, 2.05) is 6.07 Å². The summed E-state index contributed by atoms with van der Waals surface area (Å²) < 4.78 is 13.1. The van der Waals surface area contributed by atoms with Gasteiger partial charge in [-0.2, -0.15) is 0 Å². The van der Waals surface area contributed by atoms with Gasteiger partial charge in [-0.15, -0.1) is 10.2 Å². The number of rotatable bonds is 4. The fourth-order valence-corrected chi connectivity index (χ4v) is 2.82. The average Bonchev–Trinajstić information content (AvgIpc) is 2.56. The lowest BCUT2D eigenvalue weighted by Crippen LogP contribution is -2.33. The second-order valence-corrected chi connectivity index (χ2v) is 6.30. The third-order valence-electron chi connectivity index (χ3n) is 4.28. The SMILES string of the molecule is CC1CCN(c2ccc(NC(=O)Cc3cccc(F)c3)nn2)CC1. The van der Waals surface area contributed by atoms with E-state index in [9.17, 15) is 9.18 Å². The topological polar surface area (TPSA) is 58.1 Å². The molecule has 1 amide bonds. The first-order chi connectivity index (χ1) is 11.6. The zero-order valence-corrected chi connectivity index (χ0v) is 13.7. The molecule has 2 heterocycles. The van der Waals surface area contributed by atoms with Crippen LogP contribution in [0, 0.1) is 11.7 Å². The molecule has 0 spiro atoms. The van der Waals surface area contributed by atoms with Crippen molar-refractivity contribution in [1.82, 2.24) is 10.2 Å². The Morgan fingerprint density at radius 1 is 1.25 bits per heavy atom. The molecule has 1 N–H and O–H groups in total. The number of amides is 1. The van der Waals surface area contributed by atoms with Crippen molar-refractivity contribution < 1.29 is 9.18 Å². The molecule has 1 fully saturated rings. The summed E-state index contributed by atoms with van der Waals surface area (Å²) in [6.45, 7) is 4.24. The van der Waals surface area contributed by atoms with Gasteiger partial charge in [-0.3, -0.25) is 4.79 Å². The van der Waals surface area contributed by atoms with Gasteiger partial charge in [0.2, 0.25) is 5.91 Å². The van der Waals surface area contributed by atoms with E-state index in [1.165, 1.54) is 12.1 Å². The van der Waals surface area contributed by atoms with Crippen LogP contribution >= 0.6 is 0 Å². The molecule has 126 valence electrons. The van der Waals surface area contributed by atoms with Crippen LogP contribution in [0.1, 0.15) is 25.3 Å². The molecule has 0 unspecified atom stereocenters. The Balaban J connectivity index is 1.56. The Morgan fingerprint density at radius 2 is 2.04 bits per heavy atom. The third-order valence-corrected chi connectivity index (χ3v) is 4.28. The lowest BCUT2D eigenvalue weighted by molar-refractivity contribution is -0.115. The van der Waals surface area contributed by atoms with E-state index in [1.54, 1.807) is 18.2 Å². The number of nitrogens with one attached hydrogen (secondary N) is 1. The number of carbonyl (C=O) groups excluding carboxylic acids is 1. The van der Waals surface area contributed by atoms with E-state index < -0.39 is 0 Å². The molecule has 1 aliphatic rings. The predicted molar refractivity (Wildman–Crippen MR) is 91.4 cm³/mol. The van der Waals surface area contributed by atoms with E-state index in [0.29, 0.717) is 11.4 Å². The lowest BCUT2D eigenvalue weighted by atomic mass is 9.99. The molecule has 1 aliphatic heterocycles. The van der Waals surface area contributed by atoms with Gasteiger partial charge in [0, 0.05) is 13.1 Å². The van der Waals surface area contributed by atoms with Gasteiger partial charge >= 0.3 is 0 Å². The minimum Gasteiger partial charge on any atom is -0.355 e. The maximum Gasteiger partial charge on any atom is 0.229 e. The fraction of sp³-hybridized carbons (Fsp3) is 0.389. The summed E-state index contributed by atoms with van der Waals surface area (Å²) >= 11 is 0. The van der Waals surface area contributed by atoms with Crippen LogP contribution in [-0.2, 0) is 11.2 Å². The van der Waals surface area contributed by atoms with Crippen LogP contribution in [0.4, 0.5) is 16.0 Å². The van der Waals surface area contributed by atoms with Crippen LogP contribution in [0.2, 0.25) is 0 Å². The molecule has 2 aromatic rings. The first-order valence-electron chi connectivity index (χ1n) is 8.23. The maximum atomic E-state index is 13.1. The quantitative estimate of drug-likeness (QED) is 0.937. The summed E-state index contributed by atoms with van der Waals surface area (Å²) in [6.07, 6.45) is 2.42. The van der Waals surface area contributed by atoms with Crippen molar-refractivity contribution >= 4 is 17.5 Å². The monoisotopic (exact) mass is 328 g/mol. The van der Waals surface area contributed by atoms with Crippen LogP contribution in [-0.4, -0.2) is 29.2 Å². The Labute approximate surface area is 140 Å². The van der Waals surface area contributed by atoms with Gasteiger partial charge in [-0.25, -0.2) is 4.39 Å². The first kappa shape index (κ1) is 16.4. The Morgan fingerprint density at radius 3 is 2.71 bits per heavy atom. The van der Waals surface area contributed by atoms with Crippen molar-refractivity contribution in [3.8, 4) is 0 Å². The van der Waals surface area contributed by atoms with Gasteiger partial charge < -0.3 is 10.2 Å². The molecule has 0 atom stereocenters. The summed E-state index contributed by atoms with van der Waals surface area (Å²) in [5, 5.41) is 11.0. The molecule has 1 aromatic carbocycles. The third kappa shape index (κ3) is 4.28. The van der Waals surface area contributed by atoms with Crippen molar-refractivity contribution in [3.05, 3.63) is 47.8 Å². The van der Waals surface area contributed by atoms with E-state index in [4.69, 9.17) is 0 Å². The molecular weight excluding hydrogens is 307 g/mol. The molecule has 1 aromatic heterocycles. The molecule has 0 radical (unpaired) electrons. The highest BCUT2D eigenvalue weighted by Crippen LogP contribution is 2.21. The Kier molecular flexibility index (Phi) is 5.03. The summed E-state index contributed by atoms with van der Waals surface area (Å²) in [7, 11) is 0. The van der Waals surface area contributed by atoms with Crippen molar-refractivity contribution in [2.45, 2.75) is 26.2 Å². The van der Waals surface area contributed by atoms with Gasteiger partial charge in [-0.1, -0.05) is 19.1 Å². The lowest BCUT2D eigenvalue weighted by Gasteiger charge is -2.30. The number of carbonyl (C=O) groups is 1. The second-order valence-electron chi connectivity index (χ2n) is 6.30. The second kappa shape index (κ2) is 7.38. The summed E-state index contributed by atoms with van der Waals surface area (Å²) in [5.41, 5.74) is 0.625. The van der Waals surface area contributed by atoms with Crippen molar-refractivity contribution in [3.63, 3.8) is 0 Å². The molecule has 0 bridgehead atoms. The van der Waals surface area contributed by atoms with E-state index in [2.05, 4.69) is 27.3 Å².